The van der Waals surface area contributed by atoms with Gasteiger partial charge < -0.3 is 5.32 Å². The number of carbonyl (C=O) groups is 1. The van der Waals surface area contributed by atoms with Crippen LogP contribution in [0.4, 0.5) is 5.69 Å². The number of aromatic nitrogens is 2. The molecule has 0 fully saturated rings. The maximum atomic E-state index is 12.2. The van der Waals surface area contributed by atoms with E-state index in [4.69, 9.17) is 11.6 Å². The Kier molecular flexibility index (Phi) is 4.99. The van der Waals surface area contributed by atoms with Gasteiger partial charge in [0, 0.05) is 23.1 Å². The van der Waals surface area contributed by atoms with Crippen LogP contribution in [0.3, 0.4) is 0 Å². The van der Waals surface area contributed by atoms with E-state index >= 15 is 0 Å². The minimum absolute atomic E-state index is 0.275. The summed E-state index contributed by atoms with van der Waals surface area (Å²) in [6, 6.07) is 16.4. The van der Waals surface area contributed by atoms with Crippen LogP contribution in [0.1, 0.15) is 21.7 Å². The summed E-state index contributed by atoms with van der Waals surface area (Å²) in [5.41, 5.74) is 2.79. The van der Waals surface area contributed by atoms with Crippen LogP contribution < -0.4 is 5.32 Å². The largest absolute Gasteiger partial charge is 0.321 e. The molecule has 0 bridgehead atoms. The lowest BCUT2D eigenvalue weighted by Gasteiger charge is -2.06. The highest BCUT2D eigenvalue weighted by Gasteiger charge is 2.08. The maximum absolute atomic E-state index is 12.2. The molecule has 0 radical (unpaired) electrons. The van der Waals surface area contributed by atoms with Crippen molar-refractivity contribution in [3.8, 4) is 0 Å². The summed E-state index contributed by atoms with van der Waals surface area (Å²) in [6.07, 6.45) is 7.10. The maximum Gasteiger partial charge on any atom is 0.274 e. The first-order valence-corrected chi connectivity index (χ1v) is 7.70. The van der Waals surface area contributed by atoms with Gasteiger partial charge in [-0.2, -0.15) is 0 Å². The fourth-order valence-electron chi connectivity index (χ4n) is 2.10. The molecule has 2 aromatic heterocycles. The Morgan fingerprint density at radius 2 is 1.88 bits per heavy atom. The van der Waals surface area contributed by atoms with Crippen LogP contribution in [0.2, 0.25) is 5.02 Å². The summed E-state index contributed by atoms with van der Waals surface area (Å²) in [5.74, 6) is -0.302. The molecule has 0 spiro atoms. The summed E-state index contributed by atoms with van der Waals surface area (Å²) in [4.78, 5) is 20.4. The number of carbonyl (C=O) groups excluding carboxylic acids is 1. The molecule has 0 unspecified atom stereocenters. The number of halogens is 1. The van der Waals surface area contributed by atoms with Crippen LogP contribution in [0.25, 0.3) is 12.2 Å². The molecule has 0 aliphatic heterocycles. The van der Waals surface area contributed by atoms with Gasteiger partial charge in [-0.3, -0.25) is 14.8 Å². The lowest BCUT2D eigenvalue weighted by molar-refractivity contribution is 0.102. The minimum atomic E-state index is -0.302. The van der Waals surface area contributed by atoms with Crippen LogP contribution in [0.15, 0.2) is 67.0 Å². The van der Waals surface area contributed by atoms with Crippen molar-refractivity contribution in [1.82, 2.24) is 9.97 Å². The van der Waals surface area contributed by atoms with Crippen LogP contribution in [-0.4, -0.2) is 15.9 Å². The molecule has 4 nitrogen and oxygen atoms in total. The summed E-state index contributed by atoms with van der Waals surface area (Å²) in [7, 11) is 0. The minimum Gasteiger partial charge on any atom is -0.321 e. The standard InChI is InChI=1S/C19H14ClN3O/c20-15-9-11-22-18(13-15)19(24)23-17-6-3-4-14(12-17)7-8-16-5-1-2-10-21-16/h1-13H,(H,23,24)/b8-7+. The van der Waals surface area contributed by atoms with E-state index in [1.165, 1.54) is 12.3 Å². The van der Waals surface area contributed by atoms with Crippen LogP contribution in [0.5, 0.6) is 0 Å². The van der Waals surface area contributed by atoms with Gasteiger partial charge in [0.15, 0.2) is 0 Å². The Bertz CT molecular complexity index is 879. The average molecular weight is 336 g/mol. The third-order valence-electron chi connectivity index (χ3n) is 3.23. The van der Waals surface area contributed by atoms with E-state index in [2.05, 4.69) is 15.3 Å². The fraction of sp³-hybridized carbons (Fsp3) is 0. The molecule has 2 heterocycles. The van der Waals surface area contributed by atoms with Crippen molar-refractivity contribution in [2.75, 3.05) is 5.32 Å². The highest BCUT2D eigenvalue weighted by Crippen LogP contribution is 2.15. The number of nitrogens with one attached hydrogen (secondary N) is 1. The van der Waals surface area contributed by atoms with Gasteiger partial charge in [-0.25, -0.2) is 0 Å². The van der Waals surface area contributed by atoms with Gasteiger partial charge in [0.05, 0.1) is 5.69 Å². The van der Waals surface area contributed by atoms with Gasteiger partial charge in [-0.15, -0.1) is 0 Å². The SMILES string of the molecule is O=C(Nc1cccc(/C=C/c2ccccn2)c1)c1cc(Cl)ccn1. The molecule has 1 amide bonds. The van der Waals surface area contributed by atoms with Crippen LogP contribution in [-0.2, 0) is 0 Å². The van der Waals surface area contributed by atoms with Gasteiger partial charge in [-0.1, -0.05) is 35.9 Å². The average Bonchev–Trinajstić information content (AvgIpc) is 2.61. The van der Waals surface area contributed by atoms with Crippen molar-refractivity contribution in [1.29, 1.82) is 0 Å². The molecule has 1 N–H and O–H groups in total. The van der Waals surface area contributed by atoms with Gasteiger partial charge in [0.2, 0.25) is 0 Å². The molecule has 0 saturated carbocycles. The van der Waals surface area contributed by atoms with Gasteiger partial charge in [-0.05, 0) is 48.0 Å². The third kappa shape index (κ3) is 4.27. The van der Waals surface area contributed by atoms with E-state index in [1.54, 1.807) is 12.3 Å². The Balaban J connectivity index is 1.73. The second kappa shape index (κ2) is 7.53. The Hall–Kier alpha value is -2.98. The van der Waals surface area contributed by atoms with Gasteiger partial charge in [0.1, 0.15) is 5.69 Å². The summed E-state index contributed by atoms with van der Waals surface area (Å²) < 4.78 is 0. The zero-order valence-electron chi connectivity index (χ0n) is 12.7. The molecule has 5 heteroatoms. The smallest absolute Gasteiger partial charge is 0.274 e. The molecule has 24 heavy (non-hydrogen) atoms. The number of nitrogens with zero attached hydrogens (tertiary/aromatic N) is 2. The van der Waals surface area contributed by atoms with E-state index in [-0.39, 0.29) is 11.6 Å². The van der Waals surface area contributed by atoms with E-state index in [1.807, 2.05) is 54.6 Å². The fourth-order valence-corrected chi connectivity index (χ4v) is 2.26. The molecular weight excluding hydrogens is 322 g/mol. The number of amides is 1. The monoisotopic (exact) mass is 335 g/mol. The Morgan fingerprint density at radius 3 is 2.67 bits per heavy atom. The molecule has 118 valence electrons. The van der Waals surface area contributed by atoms with Crippen LogP contribution in [0, 0.1) is 0 Å². The zero-order valence-corrected chi connectivity index (χ0v) is 13.4. The normalized spacial score (nSPS) is 10.7. The lowest BCUT2D eigenvalue weighted by atomic mass is 10.1. The van der Waals surface area contributed by atoms with E-state index < -0.39 is 0 Å². The van der Waals surface area contributed by atoms with E-state index in [9.17, 15) is 4.79 Å². The Labute approximate surface area is 144 Å². The van der Waals surface area contributed by atoms with E-state index in [0.717, 1.165) is 11.3 Å². The predicted molar refractivity (Wildman–Crippen MR) is 96.8 cm³/mol. The predicted octanol–water partition coefficient (Wildman–Crippen LogP) is 4.55. The first kappa shape index (κ1) is 15.9. The van der Waals surface area contributed by atoms with Crippen molar-refractivity contribution < 1.29 is 4.79 Å². The number of benzene rings is 1. The second-order valence-corrected chi connectivity index (χ2v) is 5.46. The topological polar surface area (TPSA) is 54.9 Å². The molecule has 3 rings (SSSR count). The molecular formula is C19H14ClN3O. The van der Waals surface area contributed by atoms with Gasteiger partial charge in [0.25, 0.3) is 5.91 Å². The molecule has 3 aromatic rings. The highest BCUT2D eigenvalue weighted by atomic mass is 35.5. The lowest BCUT2D eigenvalue weighted by Crippen LogP contribution is -2.13. The van der Waals surface area contributed by atoms with Gasteiger partial charge >= 0.3 is 0 Å². The zero-order chi connectivity index (χ0) is 16.8. The first-order chi connectivity index (χ1) is 11.7. The molecule has 0 aliphatic carbocycles. The second-order valence-electron chi connectivity index (χ2n) is 5.03. The summed E-state index contributed by atoms with van der Waals surface area (Å²) >= 11 is 5.88. The number of hydrogen-bond donors (Lipinski definition) is 1. The number of pyridine rings is 2. The Morgan fingerprint density at radius 1 is 0.958 bits per heavy atom. The number of anilines is 1. The first-order valence-electron chi connectivity index (χ1n) is 7.33. The summed E-state index contributed by atoms with van der Waals surface area (Å²) in [6.45, 7) is 0. The third-order valence-corrected chi connectivity index (χ3v) is 3.47. The molecule has 0 aliphatic rings. The molecule has 1 aromatic carbocycles. The van der Waals surface area contributed by atoms with Crippen molar-refractivity contribution in [3.05, 3.63) is 89.0 Å². The van der Waals surface area contributed by atoms with Crippen molar-refractivity contribution in [2.45, 2.75) is 0 Å². The van der Waals surface area contributed by atoms with Crippen LogP contribution >= 0.6 is 11.6 Å². The van der Waals surface area contributed by atoms with Crippen molar-refractivity contribution in [2.24, 2.45) is 0 Å². The van der Waals surface area contributed by atoms with E-state index in [0.29, 0.717) is 10.7 Å². The number of hydrogen-bond acceptors (Lipinski definition) is 3. The number of rotatable bonds is 4. The quantitative estimate of drug-likeness (QED) is 0.760. The van der Waals surface area contributed by atoms with Crippen molar-refractivity contribution in [3.63, 3.8) is 0 Å². The van der Waals surface area contributed by atoms with Crippen molar-refractivity contribution >= 4 is 35.3 Å². The molecule has 0 saturated heterocycles. The molecule has 0 atom stereocenters. The highest BCUT2D eigenvalue weighted by molar-refractivity contribution is 6.30. The summed E-state index contributed by atoms with van der Waals surface area (Å²) in [5, 5.41) is 3.29.